The number of benzene rings is 1. The van der Waals surface area contributed by atoms with Crippen molar-refractivity contribution in [3.63, 3.8) is 0 Å². The fourth-order valence-corrected chi connectivity index (χ4v) is 2.30. The summed E-state index contributed by atoms with van der Waals surface area (Å²) >= 11 is 3.37. The van der Waals surface area contributed by atoms with Gasteiger partial charge in [0.1, 0.15) is 0 Å². The average Bonchev–Trinajstić information content (AvgIpc) is 2.35. The van der Waals surface area contributed by atoms with Gasteiger partial charge < -0.3 is 10.6 Å². The van der Waals surface area contributed by atoms with Crippen molar-refractivity contribution in [2.45, 2.75) is 13.0 Å². The van der Waals surface area contributed by atoms with Crippen molar-refractivity contribution in [3.05, 3.63) is 28.7 Å². The zero-order chi connectivity index (χ0) is 13.0. The summed E-state index contributed by atoms with van der Waals surface area (Å²) in [5.41, 5.74) is 0.839. The summed E-state index contributed by atoms with van der Waals surface area (Å²) in [5, 5.41) is 6.23. The van der Waals surface area contributed by atoms with Gasteiger partial charge >= 0.3 is 0 Å². The van der Waals surface area contributed by atoms with Gasteiger partial charge in [0.25, 0.3) is 0 Å². The first-order valence-corrected chi connectivity index (χ1v) is 6.94. The van der Waals surface area contributed by atoms with Crippen LogP contribution in [0.5, 0.6) is 0 Å². The summed E-state index contributed by atoms with van der Waals surface area (Å²) in [6, 6.07) is 8.03. The van der Waals surface area contributed by atoms with E-state index in [2.05, 4.69) is 38.4 Å². The molecule has 1 aromatic carbocycles. The molecule has 1 fully saturated rings. The Morgan fingerprint density at radius 1 is 1.47 bits per heavy atom. The Balaban J connectivity index is 0.00000180. The molecule has 106 valence electrons. The second-order valence-corrected chi connectivity index (χ2v) is 5.49. The van der Waals surface area contributed by atoms with Crippen molar-refractivity contribution in [2.75, 3.05) is 31.5 Å². The number of piperazine rings is 1. The first-order valence-electron chi connectivity index (χ1n) is 6.15. The highest BCUT2D eigenvalue weighted by atomic mass is 79.9. The summed E-state index contributed by atoms with van der Waals surface area (Å²) in [4.78, 5) is 14.1. The van der Waals surface area contributed by atoms with Gasteiger partial charge in [-0.15, -0.1) is 12.4 Å². The van der Waals surface area contributed by atoms with Gasteiger partial charge in [-0.25, -0.2) is 0 Å². The van der Waals surface area contributed by atoms with Crippen LogP contribution in [0, 0.1) is 0 Å². The molecule has 1 amide bonds. The number of amides is 1. The molecule has 4 nitrogen and oxygen atoms in total. The summed E-state index contributed by atoms with van der Waals surface area (Å²) in [5.74, 6) is 0.0473. The molecule has 0 aromatic heterocycles. The standard InChI is InChI=1S/C13H18BrN3O.ClH/c1-10-8-15-6-7-17(10)9-13(18)16-12-4-2-11(14)3-5-12;/h2-5,10,15H,6-9H2,1H3,(H,16,18);1H/t10-;/m1./s1. The topological polar surface area (TPSA) is 44.4 Å². The van der Waals surface area contributed by atoms with Gasteiger partial charge in [0, 0.05) is 35.8 Å². The van der Waals surface area contributed by atoms with Crippen molar-refractivity contribution < 1.29 is 4.79 Å². The van der Waals surface area contributed by atoms with Crippen LogP contribution in [0.25, 0.3) is 0 Å². The zero-order valence-corrected chi connectivity index (χ0v) is 13.3. The molecular formula is C13H19BrClN3O. The molecule has 0 bridgehead atoms. The van der Waals surface area contributed by atoms with E-state index < -0.39 is 0 Å². The van der Waals surface area contributed by atoms with Crippen LogP contribution >= 0.6 is 28.3 Å². The van der Waals surface area contributed by atoms with Gasteiger partial charge in [-0.1, -0.05) is 15.9 Å². The molecule has 1 atom stereocenters. The number of hydrogen-bond donors (Lipinski definition) is 2. The number of carbonyl (C=O) groups excluding carboxylic acids is 1. The molecule has 1 heterocycles. The predicted octanol–water partition coefficient (Wildman–Crippen LogP) is 2.10. The van der Waals surface area contributed by atoms with Crippen molar-refractivity contribution in [1.29, 1.82) is 0 Å². The molecule has 0 unspecified atom stereocenters. The van der Waals surface area contributed by atoms with E-state index in [0.717, 1.165) is 29.8 Å². The lowest BCUT2D eigenvalue weighted by Crippen LogP contribution is -2.51. The third-order valence-electron chi connectivity index (χ3n) is 3.11. The smallest absolute Gasteiger partial charge is 0.238 e. The fraction of sp³-hybridized carbons (Fsp3) is 0.462. The molecular weight excluding hydrogens is 330 g/mol. The van der Waals surface area contributed by atoms with Gasteiger partial charge in [0.05, 0.1) is 6.54 Å². The number of rotatable bonds is 3. The van der Waals surface area contributed by atoms with Crippen LogP contribution < -0.4 is 10.6 Å². The molecule has 19 heavy (non-hydrogen) atoms. The lowest BCUT2D eigenvalue weighted by Gasteiger charge is -2.33. The van der Waals surface area contributed by atoms with Gasteiger partial charge in [0.2, 0.25) is 5.91 Å². The van der Waals surface area contributed by atoms with Gasteiger partial charge in [-0.3, -0.25) is 9.69 Å². The summed E-state index contributed by atoms with van der Waals surface area (Å²) in [6.45, 7) is 5.42. The highest BCUT2D eigenvalue weighted by molar-refractivity contribution is 9.10. The maximum atomic E-state index is 11.9. The Morgan fingerprint density at radius 2 is 2.16 bits per heavy atom. The van der Waals surface area contributed by atoms with E-state index in [1.54, 1.807) is 0 Å². The van der Waals surface area contributed by atoms with E-state index in [0.29, 0.717) is 12.6 Å². The Bertz CT molecular complexity index is 413. The lowest BCUT2D eigenvalue weighted by atomic mass is 10.2. The van der Waals surface area contributed by atoms with Gasteiger partial charge in [0.15, 0.2) is 0 Å². The van der Waals surface area contributed by atoms with Crippen molar-refractivity contribution in [2.24, 2.45) is 0 Å². The third kappa shape index (κ3) is 5.10. The fourth-order valence-electron chi connectivity index (χ4n) is 2.04. The van der Waals surface area contributed by atoms with Crippen LogP contribution in [0.15, 0.2) is 28.7 Å². The first kappa shape index (κ1) is 16.4. The lowest BCUT2D eigenvalue weighted by molar-refractivity contribution is -0.118. The minimum absolute atomic E-state index is 0. The first-order chi connectivity index (χ1) is 8.65. The molecule has 6 heteroatoms. The van der Waals surface area contributed by atoms with Crippen molar-refractivity contribution in [1.82, 2.24) is 10.2 Å². The highest BCUT2D eigenvalue weighted by Gasteiger charge is 2.20. The number of nitrogens with one attached hydrogen (secondary N) is 2. The Kier molecular flexibility index (Phi) is 6.79. The van der Waals surface area contributed by atoms with Crippen LogP contribution in [-0.2, 0) is 4.79 Å². The average molecular weight is 349 g/mol. The van der Waals surface area contributed by atoms with Crippen LogP contribution in [0.4, 0.5) is 5.69 Å². The van der Waals surface area contributed by atoms with E-state index in [4.69, 9.17) is 0 Å². The molecule has 0 radical (unpaired) electrons. The molecule has 1 aromatic rings. The van der Waals surface area contributed by atoms with Crippen LogP contribution in [0.1, 0.15) is 6.92 Å². The second kappa shape index (κ2) is 7.85. The van der Waals surface area contributed by atoms with E-state index in [-0.39, 0.29) is 18.3 Å². The predicted molar refractivity (Wildman–Crippen MR) is 83.9 cm³/mol. The minimum Gasteiger partial charge on any atom is -0.325 e. The molecule has 1 saturated heterocycles. The van der Waals surface area contributed by atoms with Gasteiger partial charge in [-0.05, 0) is 31.2 Å². The quantitative estimate of drug-likeness (QED) is 0.879. The molecule has 0 saturated carbocycles. The van der Waals surface area contributed by atoms with Gasteiger partial charge in [-0.2, -0.15) is 0 Å². The van der Waals surface area contributed by atoms with E-state index in [9.17, 15) is 4.79 Å². The molecule has 1 aliphatic heterocycles. The van der Waals surface area contributed by atoms with Crippen LogP contribution in [0.2, 0.25) is 0 Å². The largest absolute Gasteiger partial charge is 0.325 e. The normalized spacial score (nSPS) is 19.6. The van der Waals surface area contributed by atoms with Crippen molar-refractivity contribution in [3.8, 4) is 0 Å². The van der Waals surface area contributed by atoms with Crippen molar-refractivity contribution >= 4 is 39.9 Å². The molecule has 0 spiro atoms. The SMILES string of the molecule is C[C@@H]1CNCCN1CC(=O)Nc1ccc(Br)cc1.Cl. The monoisotopic (exact) mass is 347 g/mol. The van der Waals surface area contributed by atoms with Crippen LogP contribution in [0.3, 0.4) is 0 Å². The summed E-state index contributed by atoms with van der Waals surface area (Å²) in [7, 11) is 0. The maximum absolute atomic E-state index is 11.9. The van der Waals surface area contributed by atoms with E-state index >= 15 is 0 Å². The molecule has 2 N–H and O–H groups in total. The second-order valence-electron chi connectivity index (χ2n) is 4.58. The molecule has 1 aliphatic rings. The summed E-state index contributed by atoms with van der Waals surface area (Å²) < 4.78 is 1.01. The van der Waals surface area contributed by atoms with Crippen LogP contribution in [-0.4, -0.2) is 43.0 Å². The van der Waals surface area contributed by atoms with E-state index in [1.165, 1.54) is 0 Å². The number of anilines is 1. The summed E-state index contributed by atoms with van der Waals surface area (Å²) in [6.07, 6.45) is 0. The minimum atomic E-state index is 0. The number of hydrogen-bond acceptors (Lipinski definition) is 3. The maximum Gasteiger partial charge on any atom is 0.238 e. The Labute approximate surface area is 128 Å². The zero-order valence-electron chi connectivity index (χ0n) is 10.9. The Hall–Kier alpha value is -0.620. The number of carbonyl (C=O) groups is 1. The van der Waals surface area contributed by atoms with E-state index in [1.807, 2.05) is 24.3 Å². The Morgan fingerprint density at radius 3 is 2.79 bits per heavy atom. The molecule has 0 aliphatic carbocycles. The highest BCUT2D eigenvalue weighted by Crippen LogP contribution is 2.14. The number of halogens is 2. The number of nitrogens with zero attached hydrogens (tertiary/aromatic N) is 1. The molecule has 2 rings (SSSR count). The third-order valence-corrected chi connectivity index (χ3v) is 3.64.